The van der Waals surface area contributed by atoms with Crippen LogP contribution in [0.3, 0.4) is 0 Å². The predicted octanol–water partition coefficient (Wildman–Crippen LogP) is 7.55. The Kier molecular flexibility index (Phi) is 6.55. The lowest BCUT2D eigenvalue weighted by Crippen LogP contribution is -1.89. The fraction of sp³-hybridized carbons (Fsp3) is 0.103. The zero-order valence-corrected chi connectivity index (χ0v) is 19.6. The highest BCUT2D eigenvalue weighted by Gasteiger charge is 2.17. The largest absolute Gasteiger partial charge is 0.357 e. The first kappa shape index (κ1) is 22.9. The van der Waals surface area contributed by atoms with Gasteiger partial charge >= 0.3 is 0 Å². The minimum atomic E-state index is -0.267. The molecule has 3 aromatic heterocycles. The number of benzene rings is 1. The number of aromatic amines is 2. The summed E-state index contributed by atoms with van der Waals surface area (Å²) in [6.45, 7) is 13.7. The Morgan fingerprint density at radius 1 is 1.09 bits per heavy atom. The number of nitrogens with one attached hydrogen (secondary N) is 2. The molecule has 0 aliphatic rings. The minimum absolute atomic E-state index is 0.267. The van der Waals surface area contributed by atoms with E-state index >= 15 is 0 Å². The molecule has 170 valence electrons. The van der Waals surface area contributed by atoms with E-state index in [0.717, 1.165) is 61.7 Å². The lowest BCUT2D eigenvalue weighted by Gasteiger charge is -2.07. The van der Waals surface area contributed by atoms with Gasteiger partial charge in [-0.1, -0.05) is 61.2 Å². The van der Waals surface area contributed by atoms with Crippen LogP contribution in [0.25, 0.3) is 33.6 Å². The van der Waals surface area contributed by atoms with Crippen molar-refractivity contribution in [3.8, 4) is 11.4 Å². The van der Waals surface area contributed by atoms with E-state index in [1.807, 2.05) is 51.1 Å². The SMILES string of the molecule is C=C/C=C(/c1ccc(F)cc1)c1cc(-c2n[nH]c3ccc(C(/C=C(/C)C=C)=C/C)nc23)[nH]c1C. The molecular formula is C29H27FN4. The average Bonchev–Trinajstić information content (AvgIpc) is 3.44. The van der Waals surface area contributed by atoms with Crippen LogP contribution in [0.1, 0.15) is 36.4 Å². The summed E-state index contributed by atoms with van der Waals surface area (Å²) >= 11 is 0. The van der Waals surface area contributed by atoms with E-state index in [-0.39, 0.29) is 5.82 Å². The highest BCUT2D eigenvalue weighted by Crippen LogP contribution is 2.33. The van der Waals surface area contributed by atoms with E-state index in [0.29, 0.717) is 0 Å². The molecule has 0 saturated heterocycles. The molecular weight excluding hydrogens is 423 g/mol. The number of allylic oxidation sites excluding steroid dienone is 7. The second-order valence-electron chi connectivity index (χ2n) is 8.05. The van der Waals surface area contributed by atoms with Crippen molar-refractivity contribution >= 4 is 22.2 Å². The molecule has 0 unspecified atom stereocenters. The molecule has 0 atom stereocenters. The lowest BCUT2D eigenvalue weighted by atomic mass is 9.97. The van der Waals surface area contributed by atoms with E-state index in [2.05, 4.69) is 40.5 Å². The molecule has 0 saturated carbocycles. The number of aryl methyl sites for hydroxylation is 1. The van der Waals surface area contributed by atoms with Crippen LogP contribution >= 0.6 is 0 Å². The maximum Gasteiger partial charge on any atom is 0.135 e. The number of hydrogen-bond donors (Lipinski definition) is 2. The van der Waals surface area contributed by atoms with E-state index in [4.69, 9.17) is 4.98 Å². The maximum absolute atomic E-state index is 13.5. The highest BCUT2D eigenvalue weighted by atomic mass is 19.1. The van der Waals surface area contributed by atoms with Crippen molar-refractivity contribution in [1.82, 2.24) is 20.2 Å². The van der Waals surface area contributed by atoms with Gasteiger partial charge in [-0.05, 0) is 67.8 Å². The predicted molar refractivity (Wildman–Crippen MR) is 140 cm³/mol. The molecule has 4 aromatic rings. The Hall–Kier alpha value is -4.25. The number of fused-ring (bicyclic) bond motifs is 1. The highest BCUT2D eigenvalue weighted by molar-refractivity contribution is 5.92. The molecule has 2 N–H and O–H groups in total. The lowest BCUT2D eigenvalue weighted by molar-refractivity contribution is 0.627. The van der Waals surface area contributed by atoms with E-state index in [9.17, 15) is 4.39 Å². The van der Waals surface area contributed by atoms with Gasteiger partial charge < -0.3 is 4.98 Å². The second-order valence-corrected chi connectivity index (χ2v) is 8.05. The molecule has 0 fully saturated rings. The molecule has 34 heavy (non-hydrogen) atoms. The van der Waals surface area contributed by atoms with Crippen molar-refractivity contribution in [1.29, 1.82) is 0 Å². The summed E-state index contributed by atoms with van der Waals surface area (Å²) in [5.41, 5.74) is 9.99. The van der Waals surface area contributed by atoms with Crippen LogP contribution in [0.5, 0.6) is 0 Å². The molecule has 0 aliphatic carbocycles. The first-order valence-corrected chi connectivity index (χ1v) is 11.1. The van der Waals surface area contributed by atoms with Gasteiger partial charge in [-0.2, -0.15) is 5.10 Å². The van der Waals surface area contributed by atoms with Crippen LogP contribution < -0.4 is 0 Å². The Labute approximate surface area is 199 Å². The van der Waals surface area contributed by atoms with Gasteiger partial charge in [0, 0.05) is 11.3 Å². The summed E-state index contributed by atoms with van der Waals surface area (Å²) in [5.74, 6) is -0.267. The second kappa shape index (κ2) is 9.71. The van der Waals surface area contributed by atoms with Crippen molar-refractivity contribution in [2.45, 2.75) is 20.8 Å². The monoisotopic (exact) mass is 450 g/mol. The number of H-pyrrole nitrogens is 2. The number of halogens is 1. The molecule has 3 heterocycles. The normalized spacial score (nSPS) is 12.9. The van der Waals surface area contributed by atoms with Gasteiger partial charge in [0.25, 0.3) is 0 Å². The summed E-state index contributed by atoms with van der Waals surface area (Å²) in [7, 11) is 0. The molecule has 4 rings (SSSR count). The van der Waals surface area contributed by atoms with Crippen LogP contribution in [-0.4, -0.2) is 20.2 Å². The van der Waals surface area contributed by atoms with Gasteiger partial charge in [0.15, 0.2) is 0 Å². The molecule has 0 amide bonds. The van der Waals surface area contributed by atoms with E-state index < -0.39 is 0 Å². The number of hydrogen-bond acceptors (Lipinski definition) is 2. The van der Waals surface area contributed by atoms with Crippen molar-refractivity contribution in [2.24, 2.45) is 0 Å². The van der Waals surface area contributed by atoms with Crippen LogP contribution in [0.2, 0.25) is 0 Å². The smallest absolute Gasteiger partial charge is 0.135 e. The zero-order valence-electron chi connectivity index (χ0n) is 19.6. The summed E-state index contributed by atoms with van der Waals surface area (Å²) in [5, 5.41) is 7.64. The number of rotatable bonds is 7. The molecule has 0 aliphatic heterocycles. The van der Waals surface area contributed by atoms with Crippen LogP contribution in [0, 0.1) is 12.7 Å². The average molecular weight is 451 g/mol. The van der Waals surface area contributed by atoms with Gasteiger partial charge in [0.2, 0.25) is 0 Å². The van der Waals surface area contributed by atoms with Gasteiger partial charge in [-0.3, -0.25) is 5.10 Å². The van der Waals surface area contributed by atoms with E-state index in [1.165, 1.54) is 12.1 Å². The standard InChI is InChI=1S/C29H27FN4/c1-6-9-23(21-10-12-22(30)13-11-21)24-17-27(31-19(24)5)29-28-26(33-34-29)15-14-25(32-28)20(8-3)16-18(4)7-2/h6-17,31H,1-2H2,3-5H3,(H,33,34)/b18-16-,20-8+,23-9-. The fourth-order valence-corrected chi connectivity index (χ4v) is 3.91. The molecule has 0 bridgehead atoms. The summed E-state index contributed by atoms with van der Waals surface area (Å²) < 4.78 is 13.5. The Balaban J connectivity index is 1.81. The van der Waals surface area contributed by atoms with Crippen LogP contribution in [-0.2, 0) is 0 Å². The zero-order chi connectivity index (χ0) is 24.2. The quantitative estimate of drug-likeness (QED) is 0.286. The van der Waals surface area contributed by atoms with Gasteiger partial charge in [-0.25, -0.2) is 9.37 Å². The van der Waals surface area contributed by atoms with Crippen LogP contribution in [0.15, 0.2) is 91.6 Å². The third-order valence-electron chi connectivity index (χ3n) is 5.72. The third kappa shape index (κ3) is 4.46. The first-order valence-electron chi connectivity index (χ1n) is 11.1. The fourth-order valence-electron chi connectivity index (χ4n) is 3.91. The maximum atomic E-state index is 13.5. The molecule has 0 radical (unpaired) electrons. The number of aromatic nitrogens is 4. The van der Waals surface area contributed by atoms with Gasteiger partial charge in [0.05, 0.1) is 16.9 Å². The first-order chi connectivity index (χ1) is 16.4. The summed E-state index contributed by atoms with van der Waals surface area (Å²) in [4.78, 5) is 8.38. The molecule has 0 spiro atoms. The topological polar surface area (TPSA) is 57.4 Å². The Morgan fingerprint density at radius 3 is 2.53 bits per heavy atom. The summed E-state index contributed by atoms with van der Waals surface area (Å²) in [6.07, 6.45) is 9.59. The van der Waals surface area contributed by atoms with Gasteiger partial charge in [-0.15, -0.1) is 0 Å². The number of nitrogens with zero attached hydrogens (tertiary/aromatic N) is 2. The Bertz CT molecular complexity index is 1460. The van der Waals surface area contributed by atoms with Crippen molar-refractivity contribution in [2.75, 3.05) is 0 Å². The summed E-state index contributed by atoms with van der Waals surface area (Å²) in [6, 6.07) is 12.5. The molecule has 1 aromatic carbocycles. The third-order valence-corrected chi connectivity index (χ3v) is 5.72. The van der Waals surface area contributed by atoms with Crippen LogP contribution in [0.4, 0.5) is 4.39 Å². The molecule has 5 heteroatoms. The van der Waals surface area contributed by atoms with Crippen molar-refractivity contribution < 1.29 is 4.39 Å². The minimum Gasteiger partial charge on any atom is -0.357 e. The van der Waals surface area contributed by atoms with Crippen molar-refractivity contribution in [3.05, 3.63) is 120 Å². The molecule has 4 nitrogen and oxygen atoms in total. The van der Waals surface area contributed by atoms with Gasteiger partial charge in [0.1, 0.15) is 17.0 Å². The van der Waals surface area contributed by atoms with Crippen molar-refractivity contribution in [3.63, 3.8) is 0 Å². The number of pyridine rings is 1. The van der Waals surface area contributed by atoms with E-state index in [1.54, 1.807) is 18.2 Å². The Morgan fingerprint density at radius 2 is 1.85 bits per heavy atom.